The Morgan fingerprint density at radius 2 is 0.882 bits per heavy atom. The van der Waals surface area contributed by atoms with Gasteiger partial charge in [-0.05, 0) is 0 Å². The van der Waals surface area contributed by atoms with E-state index in [1.54, 1.807) is 0 Å². The van der Waals surface area contributed by atoms with Crippen LogP contribution in [0.5, 0.6) is 0 Å². The maximum absolute atomic E-state index is 13.0. The fourth-order valence-electron chi connectivity index (χ4n) is 9.61. The van der Waals surface area contributed by atoms with Crippen LogP contribution in [0.3, 0.4) is 0 Å². The van der Waals surface area contributed by atoms with Gasteiger partial charge in [0.15, 0.2) is 31.5 Å². The van der Waals surface area contributed by atoms with Crippen LogP contribution in [0, 0.1) is 0 Å². The summed E-state index contributed by atoms with van der Waals surface area (Å²) < 4.78 is 61.1. The molecule has 0 spiro atoms. The number of rotatable bonds is 20. The van der Waals surface area contributed by atoms with Crippen LogP contribution in [0.25, 0.3) is 0 Å². The maximum Gasteiger partial charge on any atom is 0.364 e. The average molecular weight is 1120 g/mol. The Balaban J connectivity index is 1.22. The van der Waals surface area contributed by atoms with Crippen LogP contribution in [-0.4, -0.2) is 349 Å². The topological polar surface area (TPSA) is 573 Å². The fourth-order valence-corrected chi connectivity index (χ4v) is 9.61. The summed E-state index contributed by atoms with van der Waals surface area (Å²) in [7, 11) is 0. The van der Waals surface area contributed by atoms with Gasteiger partial charge in [0.2, 0.25) is 5.91 Å². The van der Waals surface area contributed by atoms with Gasteiger partial charge in [-0.25, -0.2) is 4.79 Å². The molecule has 0 radical (unpaired) electrons. The molecule has 0 saturated carbocycles. The highest BCUT2D eigenvalue weighted by Crippen LogP contribution is 2.40. The molecule has 6 fully saturated rings. The first-order valence-corrected chi connectivity index (χ1v) is 23.8. The van der Waals surface area contributed by atoms with E-state index in [1.165, 1.54) is 0 Å². The molecule has 22 N–H and O–H groups in total. The van der Waals surface area contributed by atoms with Crippen molar-refractivity contribution in [2.75, 3.05) is 39.6 Å². The summed E-state index contributed by atoms with van der Waals surface area (Å²) in [6, 6.07) is -1.67. The molecule has 1 unspecified atom stereocenters. The minimum absolute atomic E-state index is 0.833. The molecule has 1 amide bonds. The van der Waals surface area contributed by atoms with Crippen molar-refractivity contribution in [2.24, 2.45) is 0 Å². The maximum atomic E-state index is 13.0. The zero-order valence-corrected chi connectivity index (χ0v) is 40.0. The number of ether oxygens (including phenoxy) is 11. The number of hydrogen-bond acceptors (Lipinski definition) is 33. The first kappa shape index (κ1) is 62.9. The Hall–Kier alpha value is -2.30. The molecule has 0 aromatic rings. The number of carboxylic acid groups (broad SMARTS) is 1. The van der Waals surface area contributed by atoms with Gasteiger partial charge in [-0.15, -0.1) is 0 Å². The smallest absolute Gasteiger partial charge is 0.364 e. The van der Waals surface area contributed by atoms with Gasteiger partial charge < -0.3 is 165 Å². The van der Waals surface area contributed by atoms with E-state index in [9.17, 15) is 117 Å². The monoisotopic (exact) mass is 1120 g/mol. The van der Waals surface area contributed by atoms with E-state index < -0.39 is 248 Å². The molecule has 6 heterocycles. The highest BCUT2D eigenvalue weighted by Gasteiger charge is 2.61. The highest BCUT2D eigenvalue weighted by atomic mass is 16.8. The molecule has 6 aliphatic rings. The number of carbonyl (C=O) groups excluding carboxylic acids is 1. The van der Waals surface area contributed by atoms with Gasteiger partial charge in [-0.3, -0.25) is 4.79 Å². The lowest BCUT2D eigenvalue weighted by Crippen LogP contribution is -2.71. The Bertz CT molecular complexity index is 1850. The molecule has 31 atom stereocenters. The van der Waals surface area contributed by atoms with Crippen molar-refractivity contribution in [2.45, 2.75) is 203 Å². The Morgan fingerprint density at radius 3 is 1.24 bits per heavy atom. The summed E-state index contributed by atoms with van der Waals surface area (Å²) in [4.78, 5) is 25.0. The minimum Gasteiger partial charge on any atom is -0.477 e. The number of carboxylic acids is 1. The summed E-state index contributed by atoms with van der Waals surface area (Å²) in [6.45, 7) is -5.45. The first-order valence-electron chi connectivity index (χ1n) is 23.8. The number of amides is 1. The number of aliphatic hydroxyl groups is 20. The number of nitrogens with one attached hydrogen (secondary N) is 1. The van der Waals surface area contributed by atoms with E-state index >= 15 is 0 Å². The zero-order chi connectivity index (χ0) is 56.4. The summed E-state index contributed by atoms with van der Waals surface area (Å²) in [5, 5.41) is 227. The van der Waals surface area contributed by atoms with Crippen LogP contribution in [-0.2, 0) is 61.7 Å². The SMILES string of the molecule is CC(=O)N[C@H]1[C@H]([C@H](O)[C@H](O)CO)O[C@@](O[C@H]2[C@@H](O)[C@@H](CO)O[C@@H](O[C@H]3[C@@H](O)[C@@H](CO)O[C@@H](O[C@H]4[C@@H](O)[C@@H](CO)O[C@@H](O[C@H]5[C@@H](O)[C@@H](CO)O[C@@H](O[C@H]6[C@H](O)[C@@H](O)C(O)O[C@@H]6CO)[C@@H]5O)[C@@H]4O)[C@@H]3O)[C@@H]2O)(C(=O)O)C[C@@H]1O. The van der Waals surface area contributed by atoms with Gasteiger partial charge >= 0.3 is 5.97 Å². The van der Waals surface area contributed by atoms with Crippen LogP contribution >= 0.6 is 0 Å². The van der Waals surface area contributed by atoms with Crippen molar-refractivity contribution >= 4 is 11.9 Å². The summed E-state index contributed by atoms with van der Waals surface area (Å²) in [5.74, 6) is -6.15. The Labute approximate surface area is 428 Å². The van der Waals surface area contributed by atoms with E-state index in [-0.39, 0.29) is 0 Å². The molecule has 0 aliphatic carbocycles. The van der Waals surface area contributed by atoms with Crippen molar-refractivity contribution < 1.29 is 169 Å². The van der Waals surface area contributed by atoms with Crippen molar-refractivity contribution in [3.8, 4) is 0 Å². The molecule has 0 aromatic carbocycles. The average Bonchev–Trinajstić information content (AvgIpc) is 3.38. The molecule has 76 heavy (non-hydrogen) atoms. The third-order valence-electron chi connectivity index (χ3n) is 13.8. The van der Waals surface area contributed by atoms with E-state index in [0.29, 0.717) is 0 Å². The number of carbonyl (C=O) groups is 2. The summed E-state index contributed by atoms with van der Waals surface area (Å²) in [6.07, 6.45) is -61.4. The lowest BCUT2D eigenvalue weighted by Gasteiger charge is -2.51. The molecule has 6 saturated heterocycles. The van der Waals surface area contributed by atoms with E-state index in [0.717, 1.165) is 6.92 Å². The molecule has 0 bridgehead atoms. The molecule has 6 aliphatic heterocycles. The van der Waals surface area contributed by atoms with Crippen LogP contribution in [0.1, 0.15) is 13.3 Å². The van der Waals surface area contributed by atoms with Crippen molar-refractivity contribution in [3.05, 3.63) is 0 Å². The largest absolute Gasteiger partial charge is 0.477 e. The summed E-state index contributed by atoms with van der Waals surface area (Å²) in [5.41, 5.74) is 0. The predicted molar refractivity (Wildman–Crippen MR) is 228 cm³/mol. The normalized spacial score (nSPS) is 49.2. The molecular formula is C41H69NO34. The highest BCUT2D eigenvalue weighted by molar-refractivity contribution is 5.76. The van der Waals surface area contributed by atoms with Crippen molar-refractivity contribution in [1.29, 1.82) is 0 Å². The predicted octanol–water partition coefficient (Wildman–Crippen LogP) is -14.8. The third-order valence-corrected chi connectivity index (χ3v) is 13.8. The lowest BCUT2D eigenvalue weighted by atomic mass is 9.88. The van der Waals surface area contributed by atoms with Gasteiger partial charge in [0.1, 0.15) is 140 Å². The van der Waals surface area contributed by atoms with Crippen molar-refractivity contribution in [3.63, 3.8) is 0 Å². The molecular weight excluding hydrogens is 1050 g/mol. The second-order valence-electron chi connectivity index (χ2n) is 18.9. The van der Waals surface area contributed by atoms with Gasteiger partial charge in [0.05, 0.1) is 51.8 Å². The lowest BCUT2D eigenvalue weighted by molar-refractivity contribution is -0.400. The van der Waals surface area contributed by atoms with Gasteiger partial charge in [0.25, 0.3) is 5.79 Å². The standard InChI is InChI=1S/C41H69NO34/c1-9(49)42-17-10(50)2-41(40(64)65,75-30(17)18(52)11(51)3-43)76-34-22(56)15(7-47)70-39(28(34)62)74-33-21(55)14(6-46)69-38(27(33)61)73-32-20(54)13(5-45)68-37(26(32)60)72-31-19(53)12(4-44)67-36(25(31)59)71-29-16(8-48)66-35(63)24(58)23(29)57/h10-39,43-48,50-63H,2-8H2,1H3,(H,42,49)(H,64,65)/t10-,11+,12+,13+,14+,15+,16+,17+,18+,19-,20-,21-,22-,23+,24+,25+,26+,27+,28+,29+,30+,31-,32-,33-,34-,35?,36-,37-,38-,39-,41-/m0/s1. The fraction of sp³-hybridized carbons (Fsp3) is 0.951. The first-order chi connectivity index (χ1) is 35.8. The summed E-state index contributed by atoms with van der Waals surface area (Å²) >= 11 is 0. The van der Waals surface area contributed by atoms with Gasteiger partial charge in [0, 0.05) is 13.3 Å². The van der Waals surface area contributed by atoms with Crippen LogP contribution in [0.4, 0.5) is 0 Å². The molecule has 35 heteroatoms. The van der Waals surface area contributed by atoms with E-state index in [2.05, 4.69) is 5.32 Å². The molecule has 6 rings (SSSR count). The van der Waals surface area contributed by atoms with Gasteiger partial charge in [-0.2, -0.15) is 0 Å². The second-order valence-corrected chi connectivity index (χ2v) is 18.9. The number of aliphatic carboxylic acids is 1. The Kier molecular flexibility index (Phi) is 22.0. The zero-order valence-electron chi connectivity index (χ0n) is 40.0. The van der Waals surface area contributed by atoms with Crippen LogP contribution in [0.15, 0.2) is 0 Å². The molecule has 0 aromatic heterocycles. The number of hydrogen-bond donors (Lipinski definition) is 22. The number of aliphatic hydroxyl groups excluding tert-OH is 20. The van der Waals surface area contributed by atoms with Gasteiger partial charge in [-0.1, -0.05) is 0 Å². The quantitative estimate of drug-likeness (QED) is 0.0538. The third kappa shape index (κ3) is 12.9. The minimum atomic E-state index is -3.22. The van der Waals surface area contributed by atoms with Crippen molar-refractivity contribution in [1.82, 2.24) is 5.32 Å². The molecule has 442 valence electrons. The molecule has 35 nitrogen and oxygen atoms in total. The second kappa shape index (κ2) is 26.5. The van der Waals surface area contributed by atoms with Crippen LogP contribution < -0.4 is 5.32 Å². The van der Waals surface area contributed by atoms with E-state index in [4.69, 9.17) is 52.1 Å². The Morgan fingerprint density at radius 1 is 0.513 bits per heavy atom. The van der Waals surface area contributed by atoms with Crippen LogP contribution in [0.2, 0.25) is 0 Å². The van der Waals surface area contributed by atoms with E-state index in [1.807, 2.05) is 0 Å².